The summed E-state index contributed by atoms with van der Waals surface area (Å²) in [5, 5.41) is 14.6. The fraction of sp³-hybridized carbons (Fsp3) is 0.250. The molecule has 0 aliphatic rings. The number of hydrogen-bond acceptors (Lipinski definition) is 5. The van der Waals surface area contributed by atoms with Crippen LogP contribution in [0.5, 0.6) is 0 Å². The van der Waals surface area contributed by atoms with Gasteiger partial charge in [0, 0.05) is 5.39 Å². The van der Waals surface area contributed by atoms with Crippen molar-refractivity contribution < 1.29 is 0 Å². The number of H-pyrrole nitrogens is 1. The standard InChI is InChI=1S/C9H6N6.C2H6.CH4/c1-2-4-7-6(3-1)8(11-5-10-7)9-12-14-15-13-9;1-2;/h1-5H,(H,12,13,14,15);1-2H3;1H4. The Bertz CT molecular complexity index is 585. The number of nitrogens with zero attached hydrogens (tertiary/aromatic N) is 5. The Hall–Kier alpha value is -2.37. The van der Waals surface area contributed by atoms with E-state index in [9.17, 15) is 0 Å². The summed E-state index contributed by atoms with van der Waals surface area (Å²) in [7, 11) is 0. The van der Waals surface area contributed by atoms with Crippen LogP contribution in [0.3, 0.4) is 0 Å². The van der Waals surface area contributed by atoms with Crippen LogP contribution in [0.4, 0.5) is 0 Å². The Balaban J connectivity index is 0.000000516. The molecule has 18 heavy (non-hydrogen) atoms. The minimum atomic E-state index is 0. The smallest absolute Gasteiger partial charge is 0.223 e. The molecule has 0 amide bonds. The van der Waals surface area contributed by atoms with Crippen molar-refractivity contribution in [1.82, 2.24) is 30.6 Å². The molecule has 3 rings (SSSR count). The summed E-state index contributed by atoms with van der Waals surface area (Å²) in [6.45, 7) is 4.00. The third kappa shape index (κ3) is 2.48. The van der Waals surface area contributed by atoms with Gasteiger partial charge in [-0.3, -0.25) is 0 Å². The minimum absolute atomic E-state index is 0. The summed E-state index contributed by atoms with van der Waals surface area (Å²) < 4.78 is 0. The molecule has 1 aromatic carbocycles. The molecule has 0 fully saturated rings. The summed E-state index contributed by atoms with van der Waals surface area (Å²) in [6.07, 6.45) is 1.49. The highest BCUT2D eigenvalue weighted by molar-refractivity contribution is 5.89. The molecular formula is C12H16N6. The third-order valence-electron chi connectivity index (χ3n) is 2.10. The molecule has 0 aliphatic carbocycles. The van der Waals surface area contributed by atoms with Crippen molar-refractivity contribution in [3.05, 3.63) is 30.6 Å². The molecule has 0 saturated heterocycles. The highest BCUT2D eigenvalue weighted by atomic mass is 15.5. The van der Waals surface area contributed by atoms with Crippen LogP contribution in [0.2, 0.25) is 0 Å². The zero-order valence-corrected chi connectivity index (χ0v) is 9.62. The quantitative estimate of drug-likeness (QED) is 0.711. The van der Waals surface area contributed by atoms with E-state index < -0.39 is 0 Å². The Kier molecular flexibility index (Phi) is 4.86. The molecule has 0 spiro atoms. The Labute approximate surface area is 105 Å². The average molecular weight is 244 g/mol. The molecule has 3 aromatic rings. The highest BCUT2D eigenvalue weighted by Gasteiger charge is 2.08. The predicted molar refractivity (Wildman–Crippen MR) is 70.8 cm³/mol. The number of benzene rings is 1. The maximum Gasteiger partial charge on any atom is 0.223 e. The van der Waals surface area contributed by atoms with E-state index in [-0.39, 0.29) is 7.43 Å². The van der Waals surface area contributed by atoms with E-state index in [4.69, 9.17) is 0 Å². The van der Waals surface area contributed by atoms with E-state index >= 15 is 0 Å². The van der Waals surface area contributed by atoms with Gasteiger partial charge in [-0.1, -0.05) is 39.5 Å². The van der Waals surface area contributed by atoms with Crippen LogP contribution in [0.25, 0.3) is 22.4 Å². The molecule has 94 valence electrons. The molecule has 0 atom stereocenters. The van der Waals surface area contributed by atoms with Crippen molar-refractivity contribution in [2.45, 2.75) is 21.3 Å². The Morgan fingerprint density at radius 3 is 2.56 bits per heavy atom. The first-order chi connectivity index (χ1) is 8.45. The van der Waals surface area contributed by atoms with Crippen LogP contribution in [-0.2, 0) is 0 Å². The largest absolute Gasteiger partial charge is 0.236 e. The maximum absolute atomic E-state index is 4.15. The van der Waals surface area contributed by atoms with Crippen molar-refractivity contribution in [2.75, 3.05) is 0 Å². The topological polar surface area (TPSA) is 80.2 Å². The molecule has 2 heterocycles. The second kappa shape index (κ2) is 6.39. The Morgan fingerprint density at radius 1 is 1.06 bits per heavy atom. The normalized spacial score (nSPS) is 9.22. The van der Waals surface area contributed by atoms with E-state index in [1.165, 1.54) is 6.33 Å². The predicted octanol–water partition coefficient (Wildman–Crippen LogP) is 2.47. The molecule has 0 radical (unpaired) electrons. The number of tetrazole rings is 1. The van der Waals surface area contributed by atoms with Crippen LogP contribution in [0.1, 0.15) is 21.3 Å². The number of aromatic amines is 1. The lowest BCUT2D eigenvalue weighted by atomic mass is 10.2. The number of fused-ring (bicyclic) bond motifs is 1. The summed E-state index contributed by atoms with van der Waals surface area (Å²) >= 11 is 0. The van der Waals surface area contributed by atoms with Gasteiger partial charge in [-0.2, -0.15) is 5.21 Å². The number of para-hydroxylation sites is 1. The zero-order valence-electron chi connectivity index (χ0n) is 9.62. The van der Waals surface area contributed by atoms with Crippen LogP contribution >= 0.6 is 0 Å². The molecule has 0 saturated carbocycles. The highest BCUT2D eigenvalue weighted by Crippen LogP contribution is 2.20. The van der Waals surface area contributed by atoms with Gasteiger partial charge in [0.15, 0.2) is 0 Å². The van der Waals surface area contributed by atoms with Gasteiger partial charge >= 0.3 is 0 Å². The van der Waals surface area contributed by atoms with Gasteiger partial charge in [0.25, 0.3) is 0 Å². The van der Waals surface area contributed by atoms with Crippen molar-refractivity contribution in [2.24, 2.45) is 0 Å². The first-order valence-electron chi connectivity index (χ1n) is 5.39. The van der Waals surface area contributed by atoms with E-state index in [0.717, 1.165) is 10.9 Å². The van der Waals surface area contributed by atoms with Gasteiger partial charge in [0.2, 0.25) is 5.82 Å². The van der Waals surface area contributed by atoms with Gasteiger partial charge in [0.1, 0.15) is 12.0 Å². The maximum atomic E-state index is 4.15. The summed E-state index contributed by atoms with van der Waals surface area (Å²) in [6, 6.07) is 7.70. The van der Waals surface area contributed by atoms with Crippen LogP contribution in [0, 0.1) is 0 Å². The van der Waals surface area contributed by atoms with E-state index in [0.29, 0.717) is 11.5 Å². The lowest BCUT2D eigenvalue weighted by molar-refractivity contribution is 0.881. The van der Waals surface area contributed by atoms with Crippen molar-refractivity contribution in [3.8, 4) is 11.5 Å². The van der Waals surface area contributed by atoms with Crippen LogP contribution in [-0.4, -0.2) is 30.6 Å². The van der Waals surface area contributed by atoms with E-state index in [2.05, 4.69) is 30.6 Å². The first-order valence-corrected chi connectivity index (χ1v) is 5.39. The second-order valence-electron chi connectivity index (χ2n) is 2.97. The minimum Gasteiger partial charge on any atom is -0.236 e. The van der Waals surface area contributed by atoms with Gasteiger partial charge in [-0.15, -0.1) is 10.2 Å². The monoisotopic (exact) mass is 244 g/mol. The molecule has 1 N–H and O–H groups in total. The lowest BCUT2D eigenvalue weighted by Crippen LogP contribution is -1.90. The summed E-state index contributed by atoms with van der Waals surface area (Å²) in [5.41, 5.74) is 1.56. The van der Waals surface area contributed by atoms with E-state index in [1.54, 1.807) is 0 Å². The third-order valence-corrected chi connectivity index (χ3v) is 2.10. The van der Waals surface area contributed by atoms with Gasteiger partial charge in [0.05, 0.1) is 5.52 Å². The van der Waals surface area contributed by atoms with Gasteiger partial charge in [-0.05, 0) is 11.3 Å². The lowest BCUT2D eigenvalue weighted by Gasteiger charge is -1.99. The van der Waals surface area contributed by atoms with Gasteiger partial charge < -0.3 is 0 Å². The number of rotatable bonds is 1. The Morgan fingerprint density at radius 2 is 1.83 bits per heavy atom. The summed E-state index contributed by atoms with van der Waals surface area (Å²) in [5.74, 6) is 0.480. The number of hydrogen-bond donors (Lipinski definition) is 1. The van der Waals surface area contributed by atoms with Crippen molar-refractivity contribution in [3.63, 3.8) is 0 Å². The summed E-state index contributed by atoms with van der Waals surface area (Å²) in [4.78, 5) is 8.31. The molecule has 6 heteroatoms. The van der Waals surface area contributed by atoms with E-state index in [1.807, 2.05) is 38.1 Å². The SMILES string of the molecule is C.CC.c1ccc2c(-c3nn[nH]n3)ncnc2c1. The van der Waals surface area contributed by atoms with Gasteiger partial charge in [-0.25, -0.2) is 9.97 Å². The van der Waals surface area contributed by atoms with Crippen molar-refractivity contribution >= 4 is 10.9 Å². The van der Waals surface area contributed by atoms with Crippen LogP contribution in [0.15, 0.2) is 30.6 Å². The average Bonchev–Trinajstić information content (AvgIpc) is 2.94. The fourth-order valence-electron chi connectivity index (χ4n) is 1.45. The van der Waals surface area contributed by atoms with Crippen molar-refractivity contribution in [1.29, 1.82) is 0 Å². The molecule has 0 unspecified atom stereocenters. The molecule has 6 nitrogen and oxygen atoms in total. The fourth-order valence-corrected chi connectivity index (χ4v) is 1.45. The molecule has 2 aromatic heterocycles. The molecule has 0 bridgehead atoms. The number of nitrogens with one attached hydrogen (secondary N) is 1. The van der Waals surface area contributed by atoms with Crippen LogP contribution < -0.4 is 0 Å². The first kappa shape index (κ1) is 13.7. The molecule has 0 aliphatic heterocycles. The molecular weight excluding hydrogens is 228 g/mol. The zero-order chi connectivity index (χ0) is 12.1. The second-order valence-corrected chi connectivity index (χ2v) is 2.97. The number of aromatic nitrogens is 6.